The van der Waals surface area contributed by atoms with Crippen LogP contribution in [-0.2, 0) is 6.18 Å². The van der Waals surface area contributed by atoms with Crippen molar-refractivity contribution in [1.29, 1.82) is 5.26 Å². The number of hydrogen-bond acceptors (Lipinski definition) is 4. The van der Waals surface area contributed by atoms with Gasteiger partial charge in [0.25, 0.3) is 5.56 Å². The summed E-state index contributed by atoms with van der Waals surface area (Å²) in [4.78, 5) is 27.3. The lowest BCUT2D eigenvalue weighted by molar-refractivity contribution is -0.141. The third-order valence-corrected chi connectivity index (χ3v) is 3.83. The van der Waals surface area contributed by atoms with E-state index in [0.29, 0.717) is 6.07 Å². The van der Waals surface area contributed by atoms with Crippen LogP contribution in [0.1, 0.15) is 11.3 Å². The average molecular weight is 360 g/mol. The molecule has 0 amide bonds. The zero-order chi connectivity index (χ0) is 19.1. The van der Waals surface area contributed by atoms with Crippen molar-refractivity contribution in [3.63, 3.8) is 0 Å². The molecule has 0 saturated carbocycles. The van der Waals surface area contributed by atoms with Gasteiger partial charge in [-0.25, -0.2) is 0 Å². The number of benzene rings is 1. The van der Waals surface area contributed by atoms with Gasteiger partial charge in [-0.1, -0.05) is 18.2 Å². The summed E-state index contributed by atoms with van der Waals surface area (Å²) in [6, 6.07) is 9.92. The van der Waals surface area contributed by atoms with E-state index in [1.165, 1.54) is 19.2 Å². The van der Waals surface area contributed by atoms with Gasteiger partial charge in [0, 0.05) is 13.1 Å². The van der Waals surface area contributed by atoms with Crippen LogP contribution in [0.2, 0.25) is 0 Å². The number of hydrogen-bond donors (Lipinski definition) is 2. The third-order valence-electron chi connectivity index (χ3n) is 3.83. The Kier molecular flexibility index (Phi) is 4.04. The molecule has 2 heterocycles. The van der Waals surface area contributed by atoms with E-state index in [1.54, 1.807) is 24.3 Å². The quantitative estimate of drug-likeness (QED) is 0.735. The van der Waals surface area contributed by atoms with Crippen molar-refractivity contribution < 1.29 is 13.2 Å². The molecule has 0 aliphatic heterocycles. The summed E-state index contributed by atoms with van der Waals surface area (Å²) >= 11 is 0. The zero-order valence-electron chi connectivity index (χ0n) is 13.3. The van der Waals surface area contributed by atoms with Gasteiger partial charge < -0.3 is 10.3 Å². The monoisotopic (exact) mass is 360 g/mol. The maximum absolute atomic E-state index is 13.1. The van der Waals surface area contributed by atoms with Crippen molar-refractivity contribution in [2.45, 2.75) is 6.18 Å². The van der Waals surface area contributed by atoms with Crippen LogP contribution in [0, 0.1) is 11.3 Å². The van der Waals surface area contributed by atoms with Crippen LogP contribution in [0.25, 0.3) is 16.7 Å². The van der Waals surface area contributed by atoms with E-state index in [0.717, 1.165) is 4.57 Å². The number of rotatable bonds is 2. The van der Waals surface area contributed by atoms with Gasteiger partial charge in [0.2, 0.25) is 0 Å². The number of pyridine rings is 2. The molecule has 0 radical (unpaired) electrons. The smallest absolute Gasteiger partial charge is 0.386 e. The lowest BCUT2D eigenvalue weighted by Crippen LogP contribution is -2.27. The van der Waals surface area contributed by atoms with Crippen molar-refractivity contribution in [2.75, 3.05) is 12.4 Å². The summed E-state index contributed by atoms with van der Waals surface area (Å²) in [5.41, 5.74) is -3.70. The number of H-pyrrole nitrogens is 1. The first-order valence-electron chi connectivity index (χ1n) is 7.36. The van der Waals surface area contributed by atoms with Crippen LogP contribution in [0.3, 0.4) is 0 Å². The Morgan fingerprint density at radius 2 is 1.85 bits per heavy atom. The molecule has 0 unspecified atom stereocenters. The van der Waals surface area contributed by atoms with Gasteiger partial charge in [0.15, 0.2) is 5.43 Å². The summed E-state index contributed by atoms with van der Waals surface area (Å²) in [7, 11) is 1.37. The number of anilines is 1. The van der Waals surface area contributed by atoms with Gasteiger partial charge in [0.1, 0.15) is 23.0 Å². The average Bonchev–Trinajstić information content (AvgIpc) is 2.60. The molecule has 2 aromatic heterocycles. The second-order valence-corrected chi connectivity index (χ2v) is 5.36. The number of alkyl halides is 3. The number of aromatic nitrogens is 2. The Balaban J connectivity index is 2.63. The van der Waals surface area contributed by atoms with Crippen molar-refractivity contribution in [1.82, 2.24) is 9.55 Å². The normalized spacial score (nSPS) is 11.3. The number of nitrogens with zero attached hydrogens (tertiary/aromatic N) is 2. The molecule has 0 bridgehead atoms. The van der Waals surface area contributed by atoms with Crippen molar-refractivity contribution >= 4 is 16.7 Å². The van der Waals surface area contributed by atoms with E-state index < -0.39 is 22.9 Å². The van der Waals surface area contributed by atoms with E-state index in [1.807, 2.05) is 0 Å². The molecule has 26 heavy (non-hydrogen) atoms. The van der Waals surface area contributed by atoms with Gasteiger partial charge in [-0.3, -0.25) is 14.2 Å². The van der Waals surface area contributed by atoms with Gasteiger partial charge in [0.05, 0.1) is 16.8 Å². The molecule has 2 N–H and O–H groups in total. The summed E-state index contributed by atoms with van der Waals surface area (Å²) in [5.74, 6) is 0. The van der Waals surface area contributed by atoms with Gasteiger partial charge in [-0.05, 0) is 12.1 Å². The second kappa shape index (κ2) is 6.07. The number of nitrogens with one attached hydrogen (secondary N) is 2. The molecule has 0 aliphatic rings. The van der Waals surface area contributed by atoms with Gasteiger partial charge in [-0.15, -0.1) is 0 Å². The van der Waals surface area contributed by atoms with Crippen LogP contribution in [0.4, 0.5) is 18.9 Å². The predicted molar refractivity (Wildman–Crippen MR) is 89.4 cm³/mol. The molecule has 1 aromatic carbocycles. The summed E-state index contributed by atoms with van der Waals surface area (Å²) in [6.45, 7) is 0. The minimum atomic E-state index is -4.81. The number of nitriles is 1. The first-order valence-corrected chi connectivity index (χ1v) is 7.36. The van der Waals surface area contributed by atoms with Crippen LogP contribution in [0.15, 0.2) is 46.0 Å². The molecule has 0 aliphatic carbocycles. The molecule has 0 fully saturated rings. The molecule has 132 valence electrons. The maximum atomic E-state index is 13.1. The Morgan fingerprint density at radius 3 is 2.38 bits per heavy atom. The fourth-order valence-electron chi connectivity index (χ4n) is 2.73. The molecular weight excluding hydrogens is 349 g/mol. The maximum Gasteiger partial charge on any atom is 0.431 e. The number of fused-ring (bicyclic) bond motifs is 1. The molecule has 6 nitrogen and oxygen atoms in total. The third kappa shape index (κ3) is 2.61. The van der Waals surface area contributed by atoms with E-state index in [4.69, 9.17) is 0 Å². The topological polar surface area (TPSA) is 90.7 Å². The molecule has 0 saturated heterocycles. The molecule has 9 heteroatoms. The highest BCUT2D eigenvalue weighted by atomic mass is 19.4. The molecule has 3 aromatic rings. The minimum Gasteiger partial charge on any atom is -0.386 e. The fraction of sp³-hybridized carbons (Fsp3) is 0.118. The Morgan fingerprint density at radius 1 is 1.19 bits per heavy atom. The molecular formula is C17H11F3N4O2. The van der Waals surface area contributed by atoms with Gasteiger partial charge in [-0.2, -0.15) is 18.4 Å². The van der Waals surface area contributed by atoms with E-state index in [-0.39, 0.29) is 28.0 Å². The van der Waals surface area contributed by atoms with Gasteiger partial charge >= 0.3 is 6.18 Å². The molecule has 0 atom stereocenters. The summed E-state index contributed by atoms with van der Waals surface area (Å²) < 4.78 is 40.3. The minimum absolute atomic E-state index is 0.116. The lowest BCUT2D eigenvalue weighted by atomic mass is 10.1. The number of halogens is 3. The first-order chi connectivity index (χ1) is 12.3. The molecule has 0 spiro atoms. The second-order valence-electron chi connectivity index (χ2n) is 5.36. The van der Waals surface area contributed by atoms with Crippen molar-refractivity contribution in [3.05, 3.63) is 68.2 Å². The molecule has 3 rings (SSSR count). The van der Waals surface area contributed by atoms with E-state index in [2.05, 4.69) is 10.3 Å². The zero-order valence-corrected chi connectivity index (χ0v) is 13.3. The summed E-state index contributed by atoms with van der Waals surface area (Å²) in [5, 5.41) is 11.7. The van der Waals surface area contributed by atoms with Crippen LogP contribution in [-0.4, -0.2) is 16.6 Å². The van der Waals surface area contributed by atoms with E-state index >= 15 is 0 Å². The lowest BCUT2D eigenvalue weighted by Gasteiger charge is -2.16. The van der Waals surface area contributed by atoms with Crippen LogP contribution in [0.5, 0.6) is 0 Å². The highest BCUT2D eigenvalue weighted by Gasteiger charge is 2.33. The Bertz CT molecular complexity index is 1160. The van der Waals surface area contributed by atoms with Crippen LogP contribution < -0.4 is 16.3 Å². The van der Waals surface area contributed by atoms with Crippen molar-refractivity contribution in [3.8, 4) is 11.8 Å². The highest BCUT2D eigenvalue weighted by molar-refractivity contribution is 5.93. The highest BCUT2D eigenvalue weighted by Crippen LogP contribution is 2.30. The van der Waals surface area contributed by atoms with Crippen molar-refractivity contribution in [2.24, 2.45) is 0 Å². The van der Waals surface area contributed by atoms with Crippen LogP contribution >= 0.6 is 0 Å². The Hall–Kier alpha value is -3.54. The predicted octanol–water partition coefficient (Wildman–Crippen LogP) is 2.61. The summed E-state index contributed by atoms with van der Waals surface area (Å²) in [6.07, 6.45) is -4.81. The standard InChI is InChI=1S/C17H11F3N4O2/c1-22-14-10(8-21)16(26)24(9-5-3-2-4-6-9)15-13(14)11(25)7-12(23-15)17(18,19)20/h2-7,22H,1H3,(H,23,25). The number of para-hydroxylation sites is 1. The first kappa shape index (κ1) is 17.3. The SMILES string of the molecule is CNc1c(C#N)c(=O)n(-c2ccccc2)c2[nH]c(C(F)(F)F)cc(=O)c12. The largest absolute Gasteiger partial charge is 0.431 e. The Labute approximate surface area is 144 Å². The fourth-order valence-corrected chi connectivity index (χ4v) is 2.73. The number of aromatic amines is 1. The van der Waals surface area contributed by atoms with E-state index in [9.17, 15) is 28.0 Å².